The lowest BCUT2D eigenvalue weighted by Gasteiger charge is -2.14. The summed E-state index contributed by atoms with van der Waals surface area (Å²) in [4.78, 5) is 12.4. The number of carbonyl (C=O) groups excluding carboxylic acids is 1. The van der Waals surface area contributed by atoms with Crippen LogP contribution in [-0.2, 0) is 0 Å². The number of ether oxygens (including phenoxy) is 2. The van der Waals surface area contributed by atoms with Gasteiger partial charge < -0.3 is 14.8 Å². The second-order valence-corrected chi connectivity index (χ2v) is 5.70. The first-order valence-corrected chi connectivity index (χ1v) is 7.84. The normalized spacial score (nSPS) is 10.0. The van der Waals surface area contributed by atoms with Gasteiger partial charge in [-0.25, -0.2) is 0 Å². The molecule has 2 aromatic rings. The van der Waals surface area contributed by atoms with Crippen LogP contribution >= 0.6 is 23.8 Å². The summed E-state index contributed by atoms with van der Waals surface area (Å²) in [7, 11) is 3.03. The summed E-state index contributed by atoms with van der Waals surface area (Å²) in [5, 5.41) is 6.37. The molecule has 0 bridgehead atoms. The molecule has 0 aliphatic heterocycles. The number of methoxy groups -OCH3 is 2. The molecule has 126 valence electrons. The summed E-state index contributed by atoms with van der Waals surface area (Å²) in [6.07, 6.45) is 0. The topological polar surface area (TPSA) is 59.6 Å². The molecule has 2 N–H and O–H groups in total. The van der Waals surface area contributed by atoms with Crippen molar-refractivity contribution in [2.45, 2.75) is 6.92 Å². The highest BCUT2D eigenvalue weighted by Crippen LogP contribution is 2.25. The van der Waals surface area contributed by atoms with Crippen molar-refractivity contribution in [1.82, 2.24) is 5.32 Å². The van der Waals surface area contributed by atoms with Crippen LogP contribution in [0.1, 0.15) is 15.9 Å². The van der Waals surface area contributed by atoms with Crippen molar-refractivity contribution >= 4 is 40.5 Å². The SMILES string of the molecule is COc1ccc(C(=O)NC(=S)Nc2cccc(Cl)c2C)c(OC)c1. The number of halogens is 1. The Bertz CT molecular complexity index is 780. The summed E-state index contributed by atoms with van der Waals surface area (Å²) in [5.41, 5.74) is 1.93. The van der Waals surface area contributed by atoms with Gasteiger partial charge in [0.05, 0.1) is 19.8 Å². The molecule has 0 aromatic heterocycles. The van der Waals surface area contributed by atoms with Crippen molar-refractivity contribution in [2.75, 3.05) is 19.5 Å². The number of rotatable bonds is 4. The molecule has 2 aromatic carbocycles. The number of nitrogens with one attached hydrogen (secondary N) is 2. The van der Waals surface area contributed by atoms with Crippen molar-refractivity contribution in [3.05, 3.63) is 52.5 Å². The summed E-state index contributed by atoms with van der Waals surface area (Å²) < 4.78 is 10.3. The molecule has 0 heterocycles. The van der Waals surface area contributed by atoms with E-state index in [-0.39, 0.29) is 11.0 Å². The lowest BCUT2D eigenvalue weighted by molar-refractivity contribution is 0.0974. The first-order chi connectivity index (χ1) is 11.5. The fourth-order valence-electron chi connectivity index (χ4n) is 2.05. The smallest absolute Gasteiger partial charge is 0.261 e. The lowest BCUT2D eigenvalue weighted by atomic mass is 10.1. The van der Waals surface area contributed by atoms with E-state index in [1.165, 1.54) is 7.11 Å². The van der Waals surface area contributed by atoms with Crippen molar-refractivity contribution < 1.29 is 14.3 Å². The third kappa shape index (κ3) is 4.15. The maximum Gasteiger partial charge on any atom is 0.261 e. The van der Waals surface area contributed by atoms with Gasteiger partial charge in [0.15, 0.2) is 5.11 Å². The fourth-order valence-corrected chi connectivity index (χ4v) is 2.43. The van der Waals surface area contributed by atoms with Gasteiger partial charge in [0.1, 0.15) is 11.5 Å². The van der Waals surface area contributed by atoms with Gasteiger partial charge in [-0.15, -0.1) is 0 Å². The van der Waals surface area contributed by atoms with E-state index in [1.54, 1.807) is 37.4 Å². The summed E-state index contributed by atoms with van der Waals surface area (Å²) >= 11 is 11.3. The van der Waals surface area contributed by atoms with E-state index in [2.05, 4.69) is 10.6 Å². The van der Waals surface area contributed by atoms with Crippen molar-refractivity contribution in [1.29, 1.82) is 0 Å². The number of carbonyl (C=O) groups is 1. The molecule has 0 fully saturated rings. The number of anilines is 1. The molecular weight excluding hydrogens is 348 g/mol. The van der Waals surface area contributed by atoms with Crippen LogP contribution in [0.4, 0.5) is 5.69 Å². The van der Waals surface area contributed by atoms with E-state index < -0.39 is 0 Å². The third-order valence-corrected chi connectivity index (χ3v) is 4.01. The Morgan fingerprint density at radius 1 is 1.17 bits per heavy atom. The Hall–Kier alpha value is -2.31. The molecular formula is C17H17ClN2O3S. The molecule has 0 saturated heterocycles. The van der Waals surface area contributed by atoms with Crippen LogP contribution in [0.25, 0.3) is 0 Å². The van der Waals surface area contributed by atoms with Gasteiger partial charge in [0, 0.05) is 16.8 Å². The first kappa shape index (κ1) is 18.0. The van der Waals surface area contributed by atoms with Crippen LogP contribution in [0.3, 0.4) is 0 Å². The monoisotopic (exact) mass is 364 g/mol. The largest absolute Gasteiger partial charge is 0.497 e. The molecule has 5 nitrogen and oxygen atoms in total. The molecule has 1 amide bonds. The molecule has 2 rings (SSSR count). The molecule has 0 spiro atoms. The number of hydrogen-bond acceptors (Lipinski definition) is 4. The summed E-state index contributed by atoms with van der Waals surface area (Å²) in [6.45, 7) is 1.86. The van der Waals surface area contributed by atoms with Gasteiger partial charge >= 0.3 is 0 Å². The average Bonchev–Trinajstić information content (AvgIpc) is 2.58. The van der Waals surface area contributed by atoms with Gasteiger partial charge in [0.2, 0.25) is 0 Å². The van der Waals surface area contributed by atoms with E-state index in [9.17, 15) is 4.79 Å². The molecule has 24 heavy (non-hydrogen) atoms. The Morgan fingerprint density at radius 3 is 2.58 bits per heavy atom. The zero-order chi connectivity index (χ0) is 17.7. The maximum atomic E-state index is 12.4. The van der Waals surface area contributed by atoms with Crippen molar-refractivity contribution in [2.24, 2.45) is 0 Å². The minimum Gasteiger partial charge on any atom is -0.497 e. The van der Waals surface area contributed by atoms with Gasteiger partial charge in [-0.3, -0.25) is 10.1 Å². The highest BCUT2D eigenvalue weighted by Gasteiger charge is 2.15. The number of amides is 1. The molecule has 0 saturated carbocycles. The Labute approximate surface area is 150 Å². The average molecular weight is 365 g/mol. The van der Waals surface area contributed by atoms with E-state index in [0.717, 1.165) is 11.3 Å². The van der Waals surface area contributed by atoms with Gasteiger partial charge in [-0.1, -0.05) is 17.7 Å². The molecule has 0 radical (unpaired) electrons. The standard InChI is InChI=1S/C17H17ClN2O3S/c1-10-13(18)5-4-6-14(10)19-17(24)20-16(21)12-8-7-11(22-2)9-15(12)23-3/h4-9H,1-3H3,(H2,19,20,21,24). The first-order valence-electron chi connectivity index (χ1n) is 7.05. The van der Waals surface area contributed by atoms with Gasteiger partial charge in [0.25, 0.3) is 5.91 Å². The van der Waals surface area contributed by atoms with Crippen LogP contribution in [0.5, 0.6) is 11.5 Å². The Morgan fingerprint density at radius 2 is 1.92 bits per heavy atom. The zero-order valence-electron chi connectivity index (χ0n) is 13.5. The lowest BCUT2D eigenvalue weighted by Crippen LogP contribution is -2.34. The highest BCUT2D eigenvalue weighted by molar-refractivity contribution is 7.80. The Kier molecular flexibility index (Phi) is 6.00. The van der Waals surface area contributed by atoms with E-state index >= 15 is 0 Å². The number of benzene rings is 2. The second kappa shape index (κ2) is 7.99. The van der Waals surface area contributed by atoms with Crippen LogP contribution in [0.2, 0.25) is 5.02 Å². The van der Waals surface area contributed by atoms with Crippen molar-refractivity contribution in [3.63, 3.8) is 0 Å². The predicted octanol–water partition coefficient (Wildman–Crippen LogP) is 3.79. The van der Waals surface area contributed by atoms with Crippen LogP contribution in [0.15, 0.2) is 36.4 Å². The molecule has 0 unspecified atom stereocenters. The Balaban J connectivity index is 2.12. The fraction of sp³-hybridized carbons (Fsp3) is 0.176. The summed E-state index contributed by atoms with van der Waals surface area (Å²) in [6, 6.07) is 10.3. The van der Waals surface area contributed by atoms with E-state index in [0.29, 0.717) is 22.1 Å². The van der Waals surface area contributed by atoms with E-state index in [1.807, 2.05) is 13.0 Å². The number of hydrogen-bond donors (Lipinski definition) is 2. The predicted molar refractivity (Wildman–Crippen MR) is 99.4 cm³/mol. The van der Waals surface area contributed by atoms with Crippen molar-refractivity contribution in [3.8, 4) is 11.5 Å². The van der Waals surface area contributed by atoms with E-state index in [4.69, 9.17) is 33.3 Å². The molecule has 7 heteroatoms. The highest BCUT2D eigenvalue weighted by atomic mass is 35.5. The van der Waals surface area contributed by atoms with Gasteiger partial charge in [-0.05, 0) is 49.0 Å². The van der Waals surface area contributed by atoms with Crippen LogP contribution < -0.4 is 20.1 Å². The summed E-state index contributed by atoms with van der Waals surface area (Å²) in [5.74, 6) is 0.610. The maximum absolute atomic E-state index is 12.4. The second-order valence-electron chi connectivity index (χ2n) is 4.89. The third-order valence-electron chi connectivity index (χ3n) is 3.40. The minimum absolute atomic E-state index is 0.170. The minimum atomic E-state index is -0.383. The van der Waals surface area contributed by atoms with Crippen LogP contribution in [0, 0.1) is 6.92 Å². The molecule has 0 aliphatic rings. The quantitative estimate of drug-likeness (QED) is 0.808. The molecule has 0 aliphatic carbocycles. The zero-order valence-corrected chi connectivity index (χ0v) is 15.0. The molecule has 0 atom stereocenters. The van der Waals surface area contributed by atoms with Crippen LogP contribution in [-0.4, -0.2) is 25.2 Å². The number of thiocarbonyl (C=S) groups is 1. The van der Waals surface area contributed by atoms with Gasteiger partial charge in [-0.2, -0.15) is 0 Å².